The van der Waals surface area contributed by atoms with Crippen molar-refractivity contribution in [2.45, 2.75) is 155 Å². The van der Waals surface area contributed by atoms with Crippen molar-refractivity contribution in [3.8, 4) is 11.1 Å². The second-order valence-electron chi connectivity index (χ2n) is 22.0. The van der Waals surface area contributed by atoms with Gasteiger partial charge in [-0.3, -0.25) is 0 Å². The molecule has 282 valence electrons. The van der Waals surface area contributed by atoms with E-state index < -0.39 is 0 Å². The molecule has 0 amide bonds. The number of rotatable bonds is 5. The molecule has 13 rings (SSSR count). The number of hydrogen-bond donors (Lipinski definition) is 0. The Kier molecular flexibility index (Phi) is 9.77. The molecule has 2 unspecified atom stereocenters. The van der Waals surface area contributed by atoms with Gasteiger partial charge < -0.3 is 24.8 Å². The minimum atomic E-state index is 0. The number of halogens is 2. The molecular weight excluding hydrogens is 763 g/mol. The maximum Gasteiger partial charge on any atom is 2.00 e. The summed E-state index contributed by atoms with van der Waals surface area (Å²) in [7, 11) is 0. The third-order valence-corrected chi connectivity index (χ3v) is 17.9. The maximum atomic E-state index is 2.84. The van der Waals surface area contributed by atoms with E-state index in [0.29, 0.717) is 28.6 Å². The van der Waals surface area contributed by atoms with E-state index in [1.165, 1.54) is 96.3 Å². The van der Waals surface area contributed by atoms with Crippen LogP contribution in [0.4, 0.5) is 0 Å². The first-order chi connectivity index (χ1) is 24.0. The first-order valence-electron chi connectivity index (χ1n) is 21.7. The van der Waals surface area contributed by atoms with Crippen molar-refractivity contribution in [1.82, 2.24) is 0 Å². The van der Waals surface area contributed by atoms with Crippen LogP contribution in [0.3, 0.4) is 0 Å². The zero-order chi connectivity index (χ0) is 33.9. The molecule has 0 N–H and O–H groups in total. The van der Waals surface area contributed by atoms with Crippen LogP contribution in [0, 0.1) is 58.2 Å². The molecule has 11 aliphatic carbocycles. The van der Waals surface area contributed by atoms with E-state index >= 15 is 0 Å². The first-order valence-corrected chi connectivity index (χ1v) is 21.7. The smallest absolute Gasteiger partial charge is 1.00 e. The predicted molar refractivity (Wildman–Crippen MR) is 208 cm³/mol. The van der Waals surface area contributed by atoms with Gasteiger partial charge in [-0.05, 0) is 199 Å². The van der Waals surface area contributed by atoms with Crippen molar-refractivity contribution < 1.29 is 51.0 Å². The molecule has 0 saturated heterocycles. The Morgan fingerprint density at radius 3 is 1.42 bits per heavy atom. The Morgan fingerprint density at radius 2 is 1.06 bits per heavy atom. The van der Waals surface area contributed by atoms with Gasteiger partial charge in [-0.2, -0.15) is 0 Å². The number of fused-ring (bicyclic) bond motifs is 3. The fraction of sp³-hybridized carbons (Fsp3) is 0.680. The molecule has 53 heavy (non-hydrogen) atoms. The standard InChI is InChI=1S/C50H64.2ClH.Zr/c1-7-50(28-44(29(2)3)43-20-38(21-45(43)50)47(4,5)6)46-39-10-8-36(48-22-30-12-31(23-48)14-32(13-30)24-48)18-41(39)42-19-37(9-11-40(42)46)49-25-33-15-34(26-49)17-35(16-33)27-49;;;/h8-11,18-19,21,29-35,44,46H,7,12-17,20,22-28H2,1-6H3;2*1H;/q;;;+2/p-2. The van der Waals surface area contributed by atoms with Crippen LogP contribution in [0.2, 0.25) is 0 Å². The largest absolute Gasteiger partial charge is 2.00 e. The van der Waals surface area contributed by atoms with Crippen LogP contribution in [0.25, 0.3) is 11.1 Å². The van der Waals surface area contributed by atoms with Crippen molar-refractivity contribution in [3.63, 3.8) is 0 Å². The minimum Gasteiger partial charge on any atom is -1.00 e. The molecule has 2 aromatic rings. The summed E-state index contributed by atoms with van der Waals surface area (Å²) in [4.78, 5) is 0. The summed E-state index contributed by atoms with van der Waals surface area (Å²) < 4.78 is 0. The van der Waals surface area contributed by atoms with Crippen LogP contribution >= 0.6 is 0 Å². The van der Waals surface area contributed by atoms with Gasteiger partial charge in [-0.25, -0.2) is 0 Å². The van der Waals surface area contributed by atoms with E-state index in [1.54, 1.807) is 44.5 Å². The Balaban J connectivity index is 0.00000133. The van der Waals surface area contributed by atoms with Gasteiger partial charge in [-0.15, -0.1) is 0 Å². The van der Waals surface area contributed by atoms with Crippen molar-refractivity contribution in [1.29, 1.82) is 0 Å². The van der Waals surface area contributed by atoms with Crippen LogP contribution in [0.5, 0.6) is 0 Å². The molecule has 0 heterocycles. The van der Waals surface area contributed by atoms with E-state index in [2.05, 4.69) is 84.0 Å². The van der Waals surface area contributed by atoms with E-state index in [9.17, 15) is 0 Å². The van der Waals surface area contributed by atoms with Gasteiger partial charge in [0.2, 0.25) is 0 Å². The molecule has 8 bridgehead atoms. The van der Waals surface area contributed by atoms with Crippen LogP contribution in [0.1, 0.15) is 166 Å². The first kappa shape index (κ1) is 39.2. The zero-order valence-electron chi connectivity index (χ0n) is 33.6. The van der Waals surface area contributed by atoms with Gasteiger partial charge in [0.05, 0.1) is 0 Å². The summed E-state index contributed by atoms with van der Waals surface area (Å²) in [6, 6.07) is 16.5. The molecule has 8 fully saturated rings. The topological polar surface area (TPSA) is 0 Å². The van der Waals surface area contributed by atoms with E-state index in [1.807, 2.05) is 5.57 Å². The summed E-state index contributed by atoms with van der Waals surface area (Å²) in [5.74, 6) is 7.80. The Hall–Kier alpha value is -0.617. The molecule has 2 atom stereocenters. The normalized spacial score (nSPS) is 40.8. The van der Waals surface area contributed by atoms with Crippen molar-refractivity contribution >= 4 is 0 Å². The van der Waals surface area contributed by atoms with Crippen molar-refractivity contribution in [3.05, 3.63) is 81.4 Å². The van der Waals surface area contributed by atoms with Crippen LogP contribution in [-0.4, -0.2) is 0 Å². The second kappa shape index (κ2) is 13.2. The fourth-order valence-corrected chi connectivity index (χ4v) is 16.4. The molecule has 0 aliphatic heterocycles. The fourth-order valence-electron chi connectivity index (χ4n) is 16.4. The summed E-state index contributed by atoms with van der Waals surface area (Å²) in [6.45, 7) is 15.0. The molecule has 2 aromatic carbocycles. The maximum absolute atomic E-state index is 2.84. The number of hydrogen-bond acceptors (Lipinski definition) is 0. The molecule has 0 aromatic heterocycles. The zero-order valence-corrected chi connectivity index (χ0v) is 37.6. The molecular formula is C50H64Cl2Zr. The van der Waals surface area contributed by atoms with Gasteiger partial charge >= 0.3 is 26.2 Å². The summed E-state index contributed by atoms with van der Waals surface area (Å²) in [6.07, 6.45) is 24.5. The summed E-state index contributed by atoms with van der Waals surface area (Å²) >= 11 is 0. The molecule has 0 radical (unpaired) electrons. The Bertz CT molecular complexity index is 1690. The SMILES string of the molecule is CCC1(C2c3ccc(C45CC6CC(CC(C6)C4)C5)cc3-c3cc(C45CC6CC(CC(C6)C4)C5)ccc32)CC(C(C)C)C2=C1C=C(C(C)(C)C)C2.[Cl-].[Cl-].[Zr+2]. The minimum absolute atomic E-state index is 0. The molecule has 8 saturated carbocycles. The number of benzene rings is 2. The van der Waals surface area contributed by atoms with Gasteiger partial charge in [0.1, 0.15) is 0 Å². The molecule has 0 nitrogen and oxygen atoms in total. The molecule has 11 aliphatic rings. The van der Waals surface area contributed by atoms with Gasteiger partial charge in [0, 0.05) is 11.3 Å². The third-order valence-electron chi connectivity index (χ3n) is 17.9. The van der Waals surface area contributed by atoms with E-state index in [-0.39, 0.29) is 61.8 Å². The van der Waals surface area contributed by atoms with Crippen molar-refractivity contribution in [2.75, 3.05) is 0 Å². The third kappa shape index (κ3) is 5.62. The quantitative estimate of drug-likeness (QED) is 0.294. The summed E-state index contributed by atoms with van der Waals surface area (Å²) in [5, 5.41) is 0. The van der Waals surface area contributed by atoms with Crippen LogP contribution in [-0.2, 0) is 37.0 Å². The Labute approximate surface area is 353 Å². The van der Waals surface area contributed by atoms with Gasteiger partial charge in [-0.1, -0.05) is 95.2 Å². The van der Waals surface area contributed by atoms with Gasteiger partial charge in [0.25, 0.3) is 0 Å². The monoisotopic (exact) mass is 824 g/mol. The Morgan fingerprint density at radius 1 is 0.642 bits per heavy atom. The van der Waals surface area contributed by atoms with E-state index in [4.69, 9.17) is 0 Å². The average Bonchev–Trinajstić information content (AvgIpc) is 3.73. The number of allylic oxidation sites excluding steroid dienone is 4. The molecule has 0 spiro atoms. The molecule has 3 heteroatoms. The predicted octanol–water partition coefficient (Wildman–Crippen LogP) is 7.49. The van der Waals surface area contributed by atoms with Gasteiger partial charge in [0.15, 0.2) is 0 Å². The van der Waals surface area contributed by atoms with E-state index in [0.717, 1.165) is 35.5 Å². The van der Waals surface area contributed by atoms with Crippen LogP contribution in [0.15, 0.2) is 59.2 Å². The average molecular weight is 827 g/mol. The summed E-state index contributed by atoms with van der Waals surface area (Å²) in [5.41, 5.74) is 16.7. The van der Waals surface area contributed by atoms with Crippen molar-refractivity contribution in [2.24, 2.45) is 58.2 Å². The second-order valence-corrected chi connectivity index (χ2v) is 22.0. The van der Waals surface area contributed by atoms with Crippen LogP contribution < -0.4 is 24.8 Å².